The van der Waals surface area contributed by atoms with Gasteiger partial charge in [-0.15, -0.1) is 0 Å². The number of rotatable bonds is 1. The molecular weight excluding hydrogens is 292 g/mol. The van der Waals surface area contributed by atoms with E-state index in [1.54, 1.807) is 0 Å². The maximum absolute atomic E-state index is 11.6. The smallest absolute Gasteiger partial charge is 0.334 e. The average Bonchev–Trinajstić information content (AvgIpc) is 2.60. The number of carbonyl (C=O) groups is 1. The molecule has 18 heavy (non-hydrogen) atoms. The summed E-state index contributed by atoms with van der Waals surface area (Å²) in [6, 6.07) is 0. The molecule has 3 heteroatoms. The topological polar surface area (TPSA) is 26.3 Å². The van der Waals surface area contributed by atoms with Gasteiger partial charge in [-0.05, 0) is 38.7 Å². The zero-order valence-electron chi connectivity index (χ0n) is 10.7. The van der Waals surface area contributed by atoms with E-state index in [4.69, 9.17) is 4.74 Å². The second kappa shape index (κ2) is 5.87. The molecule has 0 aromatic carbocycles. The second-order valence-corrected chi connectivity index (χ2v) is 5.65. The molecule has 2 nitrogen and oxygen atoms in total. The fourth-order valence-electron chi connectivity index (χ4n) is 2.55. The van der Waals surface area contributed by atoms with Crippen molar-refractivity contribution in [3.8, 4) is 0 Å². The zero-order chi connectivity index (χ0) is 13.1. The minimum atomic E-state index is -0.224. The first-order valence-corrected chi connectivity index (χ1v) is 7.55. The van der Waals surface area contributed by atoms with Crippen LogP contribution < -0.4 is 0 Å². The maximum atomic E-state index is 11.6. The van der Waals surface area contributed by atoms with E-state index < -0.39 is 0 Å². The van der Waals surface area contributed by atoms with Crippen LogP contribution in [0.15, 0.2) is 35.5 Å². The first-order valence-electron chi connectivity index (χ1n) is 6.42. The predicted octanol–water partition coefficient (Wildman–Crippen LogP) is 3.93. The number of halogens is 1. The summed E-state index contributed by atoms with van der Waals surface area (Å²) in [5, 5.41) is 0.911. The first-order chi connectivity index (χ1) is 8.61. The number of hydrogen-bond acceptors (Lipinski definition) is 2. The van der Waals surface area contributed by atoms with Crippen molar-refractivity contribution in [3.63, 3.8) is 0 Å². The fourth-order valence-corrected chi connectivity index (χ4v) is 3.06. The van der Waals surface area contributed by atoms with E-state index in [0.29, 0.717) is 5.57 Å². The quantitative estimate of drug-likeness (QED) is 0.317. The Labute approximate surface area is 117 Å². The Kier molecular flexibility index (Phi) is 4.44. The monoisotopic (exact) mass is 310 g/mol. The lowest BCUT2D eigenvalue weighted by Gasteiger charge is -2.17. The van der Waals surface area contributed by atoms with E-state index >= 15 is 0 Å². The van der Waals surface area contributed by atoms with Crippen molar-refractivity contribution in [3.05, 3.63) is 35.5 Å². The predicted molar refractivity (Wildman–Crippen MR) is 76.6 cm³/mol. The van der Waals surface area contributed by atoms with Gasteiger partial charge in [0.25, 0.3) is 0 Å². The number of carbonyl (C=O) groups excluding carboxylic acids is 1. The van der Waals surface area contributed by atoms with Gasteiger partial charge in [-0.25, -0.2) is 4.79 Å². The molecule has 0 unspecified atom stereocenters. The van der Waals surface area contributed by atoms with E-state index in [1.807, 2.05) is 0 Å². The molecule has 2 rings (SSSR count). The van der Waals surface area contributed by atoms with Gasteiger partial charge in [0, 0.05) is 16.8 Å². The Balaban J connectivity index is 2.22. The van der Waals surface area contributed by atoms with Gasteiger partial charge in [0.1, 0.15) is 6.10 Å². The number of fused-ring (bicyclic) bond motifs is 1. The zero-order valence-corrected chi connectivity index (χ0v) is 12.3. The standard InChI is InChI=1S/C15H19BrO2/c1-10-4-3-5-12(9-16)6-7-13-11(2)15(17)18-14(13)8-10/h5,8,13-14H,2-4,6-7,9H2,1H3/b10-8+,12-5+/t13-,14+/m0/s1. The fraction of sp³-hybridized carbons (Fsp3) is 0.533. The molecule has 1 heterocycles. The molecule has 0 aromatic heterocycles. The average molecular weight is 311 g/mol. The van der Waals surface area contributed by atoms with E-state index in [-0.39, 0.29) is 18.0 Å². The van der Waals surface area contributed by atoms with Crippen LogP contribution in [0.4, 0.5) is 0 Å². The minimum Gasteiger partial charge on any atom is -0.454 e. The summed E-state index contributed by atoms with van der Waals surface area (Å²) >= 11 is 3.53. The van der Waals surface area contributed by atoms with Crippen LogP contribution in [0.2, 0.25) is 0 Å². The second-order valence-electron chi connectivity index (χ2n) is 5.09. The van der Waals surface area contributed by atoms with Crippen LogP contribution in [0.1, 0.15) is 32.6 Å². The van der Waals surface area contributed by atoms with Crippen LogP contribution >= 0.6 is 15.9 Å². The van der Waals surface area contributed by atoms with Crippen molar-refractivity contribution in [2.24, 2.45) is 5.92 Å². The Hall–Kier alpha value is -0.830. The van der Waals surface area contributed by atoms with Gasteiger partial charge in [0.2, 0.25) is 0 Å². The van der Waals surface area contributed by atoms with Crippen molar-refractivity contribution in [2.75, 3.05) is 5.33 Å². The molecule has 1 aliphatic heterocycles. The maximum Gasteiger partial charge on any atom is 0.334 e. The number of ether oxygens (including phenoxy) is 1. The van der Waals surface area contributed by atoms with Crippen LogP contribution in [0.5, 0.6) is 0 Å². The lowest BCUT2D eigenvalue weighted by Crippen LogP contribution is -2.15. The molecule has 0 N–H and O–H groups in total. The normalized spacial score (nSPS) is 35.0. The third-order valence-electron chi connectivity index (χ3n) is 3.72. The van der Waals surface area contributed by atoms with Gasteiger partial charge in [-0.3, -0.25) is 0 Å². The molecule has 98 valence electrons. The molecule has 0 amide bonds. The summed E-state index contributed by atoms with van der Waals surface area (Å²) in [4.78, 5) is 11.6. The van der Waals surface area contributed by atoms with E-state index in [9.17, 15) is 4.79 Å². The molecule has 0 radical (unpaired) electrons. The molecule has 0 bridgehead atoms. The Morgan fingerprint density at radius 2 is 2.28 bits per heavy atom. The molecule has 1 aliphatic carbocycles. The largest absolute Gasteiger partial charge is 0.454 e. The molecule has 0 saturated carbocycles. The van der Waals surface area contributed by atoms with Gasteiger partial charge in [-0.1, -0.05) is 39.7 Å². The van der Waals surface area contributed by atoms with E-state index in [2.05, 4.69) is 41.6 Å². The first kappa shape index (κ1) is 13.6. The highest BCUT2D eigenvalue weighted by Gasteiger charge is 2.37. The highest BCUT2D eigenvalue weighted by atomic mass is 79.9. The van der Waals surface area contributed by atoms with Gasteiger partial charge in [-0.2, -0.15) is 0 Å². The summed E-state index contributed by atoms with van der Waals surface area (Å²) in [7, 11) is 0. The molecule has 0 aromatic rings. The number of alkyl halides is 1. The molecule has 2 aliphatic rings. The number of esters is 1. The van der Waals surface area contributed by atoms with Crippen LogP contribution in [-0.2, 0) is 9.53 Å². The third-order valence-corrected chi connectivity index (χ3v) is 4.44. The molecule has 0 spiro atoms. The van der Waals surface area contributed by atoms with Gasteiger partial charge in [0.05, 0.1) is 0 Å². The summed E-state index contributed by atoms with van der Waals surface area (Å²) in [5.41, 5.74) is 3.34. The van der Waals surface area contributed by atoms with E-state index in [0.717, 1.165) is 31.0 Å². The van der Waals surface area contributed by atoms with Gasteiger partial charge >= 0.3 is 5.97 Å². The van der Waals surface area contributed by atoms with Crippen molar-refractivity contribution in [1.82, 2.24) is 0 Å². The number of hydrogen-bond donors (Lipinski definition) is 0. The third kappa shape index (κ3) is 2.94. The summed E-state index contributed by atoms with van der Waals surface area (Å²) in [6.07, 6.45) is 8.37. The highest BCUT2D eigenvalue weighted by Crippen LogP contribution is 2.34. The summed E-state index contributed by atoms with van der Waals surface area (Å²) in [6.45, 7) is 5.99. The van der Waals surface area contributed by atoms with Crippen molar-refractivity contribution in [2.45, 2.75) is 38.7 Å². The van der Waals surface area contributed by atoms with Crippen LogP contribution in [0.25, 0.3) is 0 Å². The Bertz CT molecular complexity index is 420. The van der Waals surface area contributed by atoms with E-state index in [1.165, 1.54) is 11.1 Å². The number of allylic oxidation sites excluding steroid dienone is 3. The van der Waals surface area contributed by atoms with Crippen LogP contribution in [-0.4, -0.2) is 17.4 Å². The summed E-state index contributed by atoms with van der Waals surface area (Å²) in [5.74, 6) is -0.0781. The molecular formula is C15H19BrO2. The lowest BCUT2D eigenvalue weighted by molar-refractivity contribution is -0.137. The SMILES string of the molecule is C=C1C(=O)O[C@@H]2/C=C(\C)CC/C=C(/CBr)CC[C@@H]12. The van der Waals surface area contributed by atoms with Crippen molar-refractivity contribution < 1.29 is 9.53 Å². The van der Waals surface area contributed by atoms with Gasteiger partial charge in [0.15, 0.2) is 0 Å². The lowest BCUT2D eigenvalue weighted by atomic mass is 9.88. The highest BCUT2D eigenvalue weighted by molar-refractivity contribution is 9.09. The van der Waals surface area contributed by atoms with Crippen LogP contribution in [0.3, 0.4) is 0 Å². The van der Waals surface area contributed by atoms with Gasteiger partial charge < -0.3 is 4.74 Å². The van der Waals surface area contributed by atoms with Crippen LogP contribution in [0, 0.1) is 5.92 Å². The molecule has 2 atom stereocenters. The minimum absolute atomic E-state index is 0.0975. The molecule has 1 fully saturated rings. The molecule has 1 saturated heterocycles. The van der Waals surface area contributed by atoms with Crippen molar-refractivity contribution in [1.29, 1.82) is 0 Å². The Morgan fingerprint density at radius 3 is 3.00 bits per heavy atom. The van der Waals surface area contributed by atoms with Crippen molar-refractivity contribution >= 4 is 21.9 Å². The Morgan fingerprint density at radius 1 is 1.50 bits per heavy atom. The summed E-state index contributed by atoms with van der Waals surface area (Å²) < 4.78 is 5.40.